The molecule has 2 aliphatic heterocycles. The number of aromatic nitrogens is 4. The van der Waals surface area contributed by atoms with Gasteiger partial charge >= 0.3 is 0 Å². The summed E-state index contributed by atoms with van der Waals surface area (Å²) in [5.74, 6) is 2.48. The lowest BCUT2D eigenvalue weighted by molar-refractivity contribution is -1.02. The van der Waals surface area contributed by atoms with E-state index in [2.05, 4.69) is 28.2 Å². The molecule has 2 aromatic rings. The number of methoxy groups -OCH3 is 2. The van der Waals surface area contributed by atoms with E-state index in [1.165, 1.54) is 4.90 Å². The van der Waals surface area contributed by atoms with Gasteiger partial charge in [-0.2, -0.15) is 0 Å². The average Bonchev–Trinajstić information content (AvgIpc) is 3.48. The highest BCUT2D eigenvalue weighted by atomic mass is 16.5. The van der Waals surface area contributed by atoms with Crippen LogP contribution in [0.1, 0.15) is 30.3 Å². The van der Waals surface area contributed by atoms with Gasteiger partial charge in [0.05, 0.1) is 39.0 Å². The molecule has 9 nitrogen and oxygen atoms in total. The molecule has 2 atom stereocenters. The Bertz CT molecular complexity index is 859. The first-order valence-corrected chi connectivity index (χ1v) is 11.1. The summed E-state index contributed by atoms with van der Waals surface area (Å²) in [6, 6.07) is 5.90. The summed E-state index contributed by atoms with van der Waals surface area (Å²) in [5.41, 5.74) is 1.05. The van der Waals surface area contributed by atoms with Crippen molar-refractivity contribution in [1.82, 2.24) is 20.2 Å². The minimum atomic E-state index is -0.0493. The van der Waals surface area contributed by atoms with Gasteiger partial charge in [-0.05, 0) is 47.5 Å². The predicted octanol–water partition coefficient (Wildman–Crippen LogP) is -1.07. The molecule has 168 valence electrons. The third-order valence-corrected chi connectivity index (χ3v) is 6.41. The van der Waals surface area contributed by atoms with E-state index < -0.39 is 0 Å². The molecule has 2 fully saturated rings. The summed E-state index contributed by atoms with van der Waals surface area (Å²) >= 11 is 0. The van der Waals surface area contributed by atoms with Crippen LogP contribution < -0.4 is 19.3 Å². The van der Waals surface area contributed by atoms with Crippen molar-refractivity contribution < 1.29 is 24.0 Å². The molecular formula is C22H34N6O3+2. The lowest BCUT2D eigenvalue weighted by Crippen LogP contribution is -3.28. The van der Waals surface area contributed by atoms with Gasteiger partial charge < -0.3 is 24.0 Å². The Kier molecular flexibility index (Phi) is 7.16. The molecule has 4 rings (SSSR count). The Hall–Kier alpha value is -2.49. The van der Waals surface area contributed by atoms with Gasteiger partial charge in [-0.1, -0.05) is 6.58 Å². The Morgan fingerprint density at radius 3 is 2.77 bits per heavy atom. The second-order valence-electron chi connectivity index (χ2n) is 8.30. The molecule has 0 bridgehead atoms. The highest BCUT2D eigenvalue weighted by molar-refractivity contribution is 5.43. The summed E-state index contributed by atoms with van der Waals surface area (Å²) in [5, 5.41) is 12.9. The molecule has 2 aliphatic rings. The van der Waals surface area contributed by atoms with Gasteiger partial charge in [0.15, 0.2) is 6.04 Å². The Labute approximate surface area is 183 Å². The second kappa shape index (κ2) is 10.2. The molecule has 2 N–H and O–H groups in total. The van der Waals surface area contributed by atoms with Gasteiger partial charge in [-0.25, -0.2) is 4.68 Å². The Morgan fingerprint density at radius 1 is 1.26 bits per heavy atom. The highest BCUT2D eigenvalue weighted by Crippen LogP contribution is 2.31. The molecule has 1 aromatic heterocycles. The summed E-state index contributed by atoms with van der Waals surface area (Å²) < 4.78 is 19.1. The van der Waals surface area contributed by atoms with Crippen molar-refractivity contribution in [2.75, 3.05) is 53.6 Å². The average molecular weight is 431 g/mol. The van der Waals surface area contributed by atoms with Crippen molar-refractivity contribution >= 4 is 0 Å². The minimum absolute atomic E-state index is 0.0493. The molecule has 0 unspecified atom stereocenters. The maximum absolute atomic E-state index is 5.85. The van der Waals surface area contributed by atoms with E-state index in [0.717, 1.165) is 75.1 Å². The lowest BCUT2D eigenvalue weighted by Gasteiger charge is -2.34. The van der Waals surface area contributed by atoms with Gasteiger partial charge in [0.1, 0.15) is 37.7 Å². The number of tetrazole rings is 1. The monoisotopic (exact) mass is 430 g/mol. The number of benzene rings is 1. The maximum atomic E-state index is 5.85. The van der Waals surface area contributed by atoms with Crippen LogP contribution in [-0.4, -0.2) is 79.9 Å². The number of ether oxygens (including phenoxy) is 3. The van der Waals surface area contributed by atoms with Crippen LogP contribution >= 0.6 is 0 Å². The molecule has 1 aromatic carbocycles. The Morgan fingerprint density at radius 2 is 2.10 bits per heavy atom. The van der Waals surface area contributed by atoms with Crippen molar-refractivity contribution in [3.8, 4) is 11.5 Å². The minimum Gasteiger partial charge on any atom is -0.497 e. The molecule has 0 saturated carbocycles. The molecule has 2 saturated heterocycles. The number of rotatable bonds is 9. The molecule has 9 heteroatoms. The molecule has 0 amide bonds. The maximum Gasteiger partial charge on any atom is 0.214 e. The number of nitrogens with one attached hydrogen (secondary N) is 2. The molecule has 3 heterocycles. The summed E-state index contributed by atoms with van der Waals surface area (Å²) in [4.78, 5) is 3.00. The van der Waals surface area contributed by atoms with Crippen LogP contribution in [0.5, 0.6) is 11.5 Å². The van der Waals surface area contributed by atoms with E-state index in [4.69, 9.17) is 14.2 Å². The first-order valence-electron chi connectivity index (χ1n) is 11.1. The van der Waals surface area contributed by atoms with Crippen LogP contribution in [0.3, 0.4) is 0 Å². The highest BCUT2D eigenvalue weighted by Gasteiger charge is 2.38. The van der Waals surface area contributed by atoms with Gasteiger partial charge in [0, 0.05) is 6.61 Å². The molecule has 0 aliphatic carbocycles. The zero-order chi connectivity index (χ0) is 21.6. The first-order chi connectivity index (χ1) is 15.2. The van der Waals surface area contributed by atoms with E-state index in [0.29, 0.717) is 6.54 Å². The van der Waals surface area contributed by atoms with Crippen LogP contribution in [0, 0.1) is 0 Å². The molecule has 0 spiro atoms. The van der Waals surface area contributed by atoms with Crippen molar-refractivity contribution in [3.63, 3.8) is 0 Å². The van der Waals surface area contributed by atoms with Gasteiger partial charge in [-0.15, -0.1) is 5.10 Å². The zero-order valence-electron chi connectivity index (χ0n) is 18.5. The second-order valence-corrected chi connectivity index (χ2v) is 8.30. The van der Waals surface area contributed by atoms with Crippen LogP contribution in [0.15, 0.2) is 30.9 Å². The van der Waals surface area contributed by atoms with E-state index in [-0.39, 0.29) is 12.1 Å². The van der Waals surface area contributed by atoms with Gasteiger partial charge in [0.2, 0.25) is 5.82 Å². The number of piperazine rings is 1. The fourth-order valence-electron chi connectivity index (χ4n) is 4.76. The fraction of sp³-hybridized carbons (Fsp3) is 0.591. The topological polar surface area (TPSA) is 80.2 Å². The van der Waals surface area contributed by atoms with Crippen LogP contribution in [-0.2, 0) is 11.3 Å². The van der Waals surface area contributed by atoms with Crippen molar-refractivity contribution in [1.29, 1.82) is 0 Å². The van der Waals surface area contributed by atoms with E-state index in [1.807, 2.05) is 22.9 Å². The van der Waals surface area contributed by atoms with Crippen LogP contribution in [0.2, 0.25) is 0 Å². The molecular weight excluding hydrogens is 396 g/mol. The standard InChI is InChI=1S/C22H32N6O3/c1-4-9-26-10-12-27(13-11-26)21(19-15-17(29-2)7-8-20(19)30-3)22-23-24-25-28(22)16-18-6-5-14-31-18/h4,7-8,15,18,21H,1,5-6,9-14,16H2,2-3H3/p+2/t18-,21+/m1/s1. The number of hydrogen-bond acceptors (Lipinski definition) is 6. The zero-order valence-corrected chi connectivity index (χ0v) is 18.5. The predicted molar refractivity (Wildman–Crippen MR) is 115 cm³/mol. The van der Waals surface area contributed by atoms with Crippen LogP contribution in [0.25, 0.3) is 0 Å². The third-order valence-electron chi connectivity index (χ3n) is 6.41. The van der Waals surface area contributed by atoms with E-state index in [1.54, 1.807) is 19.1 Å². The van der Waals surface area contributed by atoms with Crippen molar-refractivity contribution in [2.45, 2.75) is 31.5 Å². The van der Waals surface area contributed by atoms with Crippen molar-refractivity contribution in [2.24, 2.45) is 0 Å². The van der Waals surface area contributed by atoms with Gasteiger partial charge in [0.25, 0.3) is 0 Å². The summed E-state index contributed by atoms with van der Waals surface area (Å²) in [7, 11) is 3.39. The third kappa shape index (κ3) is 4.89. The Balaban J connectivity index is 1.69. The van der Waals surface area contributed by atoms with E-state index in [9.17, 15) is 0 Å². The summed E-state index contributed by atoms with van der Waals surface area (Å²) in [6.07, 6.45) is 4.31. The summed E-state index contributed by atoms with van der Waals surface area (Å²) in [6.45, 7) is 10.6. The van der Waals surface area contributed by atoms with Crippen molar-refractivity contribution in [3.05, 3.63) is 42.2 Å². The largest absolute Gasteiger partial charge is 0.497 e. The van der Waals surface area contributed by atoms with Crippen LogP contribution in [0.4, 0.5) is 0 Å². The molecule has 31 heavy (non-hydrogen) atoms. The smallest absolute Gasteiger partial charge is 0.214 e. The fourth-order valence-corrected chi connectivity index (χ4v) is 4.76. The lowest BCUT2D eigenvalue weighted by atomic mass is 10.0. The quantitative estimate of drug-likeness (QED) is 0.493. The first kappa shape index (κ1) is 21.7. The number of quaternary nitrogens is 2. The SMILES string of the molecule is C=CC[NH+]1CC[NH+]([C@@H](c2cc(OC)ccc2OC)c2nnnn2C[C@H]2CCCO2)CC1. The van der Waals surface area contributed by atoms with E-state index >= 15 is 0 Å². The normalized spacial score (nSPS) is 24.6. The molecule has 0 radical (unpaired) electrons. The number of nitrogens with zero attached hydrogens (tertiary/aromatic N) is 4. The number of hydrogen-bond donors (Lipinski definition) is 2. The van der Waals surface area contributed by atoms with Gasteiger partial charge in [-0.3, -0.25) is 0 Å².